The van der Waals surface area contributed by atoms with Crippen LogP contribution < -0.4 is 10.6 Å². The van der Waals surface area contributed by atoms with E-state index in [9.17, 15) is 9.90 Å². The SMILES string of the molecule is CCC(CO)c1nc2nc(C(=N)NC(=O)O)nc(N[C@H](C)C3CCC3)c2n1CC1CCCCC1. The Morgan fingerprint density at radius 2 is 1.88 bits per heavy atom. The van der Waals surface area contributed by atoms with Crippen LogP contribution in [0.4, 0.5) is 10.6 Å². The first-order valence-corrected chi connectivity index (χ1v) is 12.7. The van der Waals surface area contributed by atoms with Crippen molar-refractivity contribution in [3.8, 4) is 0 Å². The Morgan fingerprint density at radius 1 is 1.15 bits per heavy atom. The largest absolute Gasteiger partial charge is 0.465 e. The molecule has 0 aromatic carbocycles. The average molecular weight is 472 g/mol. The van der Waals surface area contributed by atoms with Gasteiger partial charge in [0.25, 0.3) is 0 Å². The molecule has 4 rings (SSSR count). The molecule has 2 saturated carbocycles. The topological polar surface area (TPSA) is 149 Å². The number of hydrogen-bond acceptors (Lipinski definition) is 7. The van der Waals surface area contributed by atoms with Gasteiger partial charge in [-0.3, -0.25) is 10.7 Å². The standard InChI is InChI=1S/C24H37N7O3/c1-3-16(13-32)23-30-21-18(31(23)12-15-8-5-4-6-9-15)20(26-14(2)17-10-7-11-17)28-22(29-21)19(25)27-24(33)34/h14-17,32H,3-13H2,1-2H3,(H2,25,27)(H,33,34)(H,26,28,29)/t14-,16?/m1/s1. The molecule has 1 unspecified atom stereocenters. The summed E-state index contributed by atoms with van der Waals surface area (Å²) in [5, 5.41) is 32.9. The van der Waals surface area contributed by atoms with Crippen molar-refractivity contribution in [2.24, 2.45) is 11.8 Å². The number of carboxylic acid groups (broad SMARTS) is 1. The highest BCUT2D eigenvalue weighted by Gasteiger charge is 2.29. The summed E-state index contributed by atoms with van der Waals surface area (Å²) in [5.74, 6) is 1.93. The minimum absolute atomic E-state index is 0.0101. The van der Waals surface area contributed by atoms with Crippen molar-refractivity contribution in [1.29, 1.82) is 5.41 Å². The molecular weight excluding hydrogens is 434 g/mol. The number of hydrogen-bond donors (Lipinski definition) is 5. The number of anilines is 1. The summed E-state index contributed by atoms with van der Waals surface area (Å²) in [6, 6.07) is 0.183. The molecule has 1 amide bonds. The molecule has 2 aromatic rings. The number of rotatable bonds is 9. The molecule has 10 heteroatoms. The molecule has 2 atom stereocenters. The van der Waals surface area contributed by atoms with Gasteiger partial charge in [0.05, 0.1) is 6.61 Å². The molecule has 2 aliphatic rings. The second-order valence-electron chi connectivity index (χ2n) is 9.87. The average Bonchev–Trinajstić information content (AvgIpc) is 3.12. The molecule has 2 heterocycles. The minimum atomic E-state index is -1.33. The zero-order chi connectivity index (χ0) is 24.2. The highest BCUT2D eigenvalue weighted by Crippen LogP contribution is 2.35. The fraction of sp³-hybridized carbons (Fsp3) is 0.708. The van der Waals surface area contributed by atoms with Crippen molar-refractivity contribution in [2.45, 2.75) is 90.1 Å². The van der Waals surface area contributed by atoms with E-state index in [2.05, 4.69) is 32.1 Å². The minimum Gasteiger partial charge on any atom is -0.465 e. The fourth-order valence-electron chi connectivity index (χ4n) is 5.22. The summed E-state index contributed by atoms with van der Waals surface area (Å²) in [7, 11) is 0. The van der Waals surface area contributed by atoms with Gasteiger partial charge in [0.15, 0.2) is 23.1 Å². The van der Waals surface area contributed by atoms with E-state index in [-0.39, 0.29) is 30.2 Å². The number of fused-ring (bicyclic) bond motifs is 1. The molecule has 0 bridgehead atoms. The summed E-state index contributed by atoms with van der Waals surface area (Å²) in [4.78, 5) is 25.1. The first-order chi connectivity index (χ1) is 16.4. The highest BCUT2D eigenvalue weighted by molar-refractivity contribution is 6.03. The van der Waals surface area contributed by atoms with E-state index in [1.54, 1.807) is 0 Å². The fourth-order valence-corrected chi connectivity index (χ4v) is 5.22. The maximum atomic E-state index is 11.1. The number of nitrogens with zero attached hydrogens (tertiary/aromatic N) is 4. The van der Waals surface area contributed by atoms with E-state index in [1.807, 2.05) is 6.92 Å². The van der Waals surface area contributed by atoms with E-state index < -0.39 is 6.09 Å². The van der Waals surface area contributed by atoms with Crippen LogP contribution in [0.2, 0.25) is 0 Å². The van der Waals surface area contributed by atoms with Crippen LogP contribution in [0, 0.1) is 17.2 Å². The summed E-state index contributed by atoms with van der Waals surface area (Å²) in [6.07, 6.45) is 9.04. The molecule has 0 spiro atoms. The van der Waals surface area contributed by atoms with E-state index in [0.29, 0.717) is 23.3 Å². The lowest BCUT2D eigenvalue weighted by Gasteiger charge is -2.32. The van der Waals surface area contributed by atoms with Gasteiger partial charge >= 0.3 is 6.09 Å². The van der Waals surface area contributed by atoms with Crippen LogP contribution >= 0.6 is 0 Å². The van der Waals surface area contributed by atoms with Gasteiger partial charge in [-0.15, -0.1) is 0 Å². The summed E-state index contributed by atoms with van der Waals surface area (Å²) >= 11 is 0. The van der Waals surface area contributed by atoms with Crippen LogP contribution in [0.5, 0.6) is 0 Å². The Bertz CT molecular complexity index is 1020. The van der Waals surface area contributed by atoms with E-state index in [1.165, 1.54) is 51.4 Å². The molecule has 5 N–H and O–H groups in total. The Balaban J connectivity index is 1.83. The van der Waals surface area contributed by atoms with E-state index in [0.717, 1.165) is 24.3 Å². The zero-order valence-corrected chi connectivity index (χ0v) is 20.2. The third-order valence-electron chi connectivity index (χ3n) is 7.55. The lowest BCUT2D eigenvalue weighted by atomic mass is 9.80. The van der Waals surface area contributed by atoms with Crippen molar-refractivity contribution < 1.29 is 15.0 Å². The van der Waals surface area contributed by atoms with Gasteiger partial charge in [0, 0.05) is 18.5 Å². The van der Waals surface area contributed by atoms with Crippen molar-refractivity contribution in [2.75, 3.05) is 11.9 Å². The number of aliphatic hydroxyl groups is 1. The molecule has 0 radical (unpaired) electrons. The Hall–Kier alpha value is -2.75. The maximum absolute atomic E-state index is 11.1. The van der Waals surface area contributed by atoms with Gasteiger partial charge in [-0.05, 0) is 50.9 Å². The van der Waals surface area contributed by atoms with Crippen LogP contribution in [0.3, 0.4) is 0 Å². The molecule has 186 valence electrons. The highest BCUT2D eigenvalue weighted by atomic mass is 16.4. The first kappa shape index (κ1) is 24.4. The van der Waals surface area contributed by atoms with E-state index in [4.69, 9.17) is 15.5 Å². The predicted molar refractivity (Wildman–Crippen MR) is 130 cm³/mol. The number of carbonyl (C=O) groups is 1. The van der Waals surface area contributed by atoms with Gasteiger partial charge in [-0.1, -0.05) is 32.6 Å². The second kappa shape index (κ2) is 10.7. The third-order valence-corrected chi connectivity index (χ3v) is 7.55. The Morgan fingerprint density at radius 3 is 2.47 bits per heavy atom. The van der Waals surface area contributed by atoms with Gasteiger partial charge < -0.3 is 20.1 Å². The van der Waals surface area contributed by atoms with Crippen molar-refractivity contribution in [1.82, 2.24) is 24.8 Å². The Labute approximate surface area is 200 Å². The molecule has 0 aliphatic heterocycles. The van der Waals surface area contributed by atoms with Gasteiger partial charge in [-0.2, -0.15) is 0 Å². The van der Waals surface area contributed by atoms with Crippen molar-refractivity contribution in [3.63, 3.8) is 0 Å². The number of amides is 1. The monoisotopic (exact) mass is 471 g/mol. The number of imidazole rings is 1. The van der Waals surface area contributed by atoms with Crippen molar-refractivity contribution >= 4 is 28.9 Å². The van der Waals surface area contributed by atoms with Crippen LogP contribution in [-0.2, 0) is 6.54 Å². The van der Waals surface area contributed by atoms with Crippen LogP contribution in [0.1, 0.15) is 89.2 Å². The molecule has 2 fully saturated rings. The lowest BCUT2D eigenvalue weighted by molar-refractivity contribution is 0.200. The second-order valence-corrected chi connectivity index (χ2v) is 9.87. The zero-order valence-electron chi connectivity index (χ0n) is 20.2. The summed E-state index contributed by atoms with van der Waals surface area (Å²) < 4.78 is 2.18. The van der Waals surface area contributed by atoms with Gasteiger partial charge in [0.1, 0.15) is 11.3 Å². The van der Waals surface area contributed by atoms with Gasteiger partial charge in [-0.25, -0.2) is 19.7 Å². The normalized spacial score (nSPS) is 18.9. The summed E-state index contributed by atoms with van der Waals surface area (Å²) in [6.45, 7) is 4.96. The quantitative estimate of drug-likeness (QED) is 0.273. The molecule has 2 aromatic heterocycles. The summed E-state index contributed by atoms with van der Waals surface area (Å²) in [5.41, 5.74) is 1.22. The predicted octanol–water partition coefficient (Wildman–Crippen LogP) is 4.09. The number of aliphatic hydroxyl groups excluding tert-OH is 1. The van der Waals surface area contributed by atoms with Crippen LogP contribution in [0.25, 0.3) is 11.2 Å². The van der Waals surface area contributed by atoms with Crippen molar-refractivity contribution in [3.05, 3.63) is 11.6 Å². The third kappa shape index (κ3) is 5.16. The number of nitrogens with one attached hydrogen (secondary N) is 3. The van der Waals surface area contributed by atoms with Gasteiger partial charge in [0.2, 0.25) is 0 Å². The number of aromatic nitrogens is 4. The molecule has 2 aliphatic carbocycles. The molecule has 34 heavy (non-hydrogen) atoms. The number of amidine groups is 1. The molecule has 10 nitrogen and oxygen atoms in total. The Kier molecular flexibility index (Phi) is 7.65. The van der Waals surface area contributed by atoms with Crippen LogP contribution in [0.15, 0.2) is 0 Å². The van der Waals surface area contributed by atoms with Crippen LogP contribution in [-0.4, -0.2) is 54.3 Å². The smallest absolute Gasteiger partial charge is 0.410 e. The molecule has 0 saturated heterocycles. The lowest BCUT2D eigenvalue weighted by Crippen LogP contribution is -2.33. The maximum Gasteiger partial charge on any atom is 0.410 e. The first-order valence-electron chi connectivity index (χ1n) is 12.7. The van der Waals surface area contributed by atoms with E-state index >= 15 is 0 Å². The molecular formula is C24H37N7O3.